The second-order valence-corrected chi connectivity index (χ2v) is 8.13. The first-order valence-corrected chi connectivity index (χ1v) is 9.81. The van der Waals surface area contributed by atoms with Crippen LogP contribution in [-0.4, -0.2) is 25.8 Å². The van der Waals surface area contributed by atoms with Crippen LogP contribution in [0.15, 0.2) is 29.4 Å². The highest BCUT2D eigenvalue weighted by Gasteiger charge is 2.26. The molecule has 4 nitrogen and oxygen atoms in total. The predicted octanol–water partition coefficient (Wildman–Crippen LogP) is 4.73. The van der Waals surface area contributed by atoms with E-state index in [4.69, 9.17) is 0 Å². The van der Waals surface area contributed by atoms with E-state index < -0.39 is 0 Å². The molecule has 1 heterocycles. The van der Waals surface area contributed by atoms with Gasteiger partial charge in [-0.3, -0.25) is 4.79 Å². The van der Waals surface area contributed by atoms with E-state index in [1.54, 1.807) is 18.2 Å². The largest absolute Gasteiger partial charge is 0.302 e. The summed E-state index contributed by atoms with van der Waals surface area (Å²) in [4.78, 5) is 12.3. The number of thioether (sulfide) groups is 1. The van der Waals surface area contributed by atoms with Crippen LogP contribution in [0.2, 0.25) is 0 Å². The van der Waals surface area contributed by atoms with E-state index in [0.717, 1.165) is 25.7 Å². The number of carbonyl (C=O) groups excluding carboxylic acids is 1. The van der Waals surface area contributed by atoms with Crippen molar-refractivity contribution in [3.63, 3.8) is 0 Å². The van der Waals surface area contributed by atoms with Crippen molar-refractivity contribution in [2.75, 3.05) is 0 Å². The molecule has 1 fully saturated rings. The summed E-state index contributed by atoms with van der Waals surface area (Å²) in [5.41, 5.74) is 0.453. The van der Waals surface area contributed by atoms with Crippen LogP contribution < -0.4 is 0 Å². The van der Waals surface area contributed by atoms with Gasteiger partial charge in [0, 0.05) is 13.0 Å². The summed E-state index contributed by atoms with van der Waals surface area (Å²) in [5, 5.41) is 9.21. The first-order valence-electron chi connectivity index (χ1n) is 8.93. The van der Waals surface area contributed by atoms with Gasteiger partial charge in [-0.1, -0.05) is 50.6 Å². The molecule has 134 valence electrons. The SMILES string of the molecule is CC(C)Cn1c(S[C@H]2CCCCCC2=O)nnc1-c1ccccc1F. The molecule has 25 heavy (non-hydrogen) atoms. The minimum absolute atomic E-state index is 0.0638. The molecule has 0 bridgehead atoms. The number of Topliss-reactive ketones (excluding diaryl/α,β-unsaturated/α-hetero) is 1. The van der Waals surface area contributed by atoms with Crippen LogP contribution in [0.5, 0.6) is 0 Å². The van der Waals surface area contributed by atoms with Crippen LogP contribution in [0.25, 0.3) is 11.4 Å². The first-order chi connectivity index (χ1) is 12.1. The van der Waals surface area contributed by atoms with Gasteiger partial charge in [-0.15, -0.1) is 10.2 Å². The number of ketones is 1. The van der Waals surface area contributed by atoms with Crippen molar-refractivity contribution >= 4 is 17.5 Å². The van der Waals surface area contributed by atoms with Crippen LogP contribution in [0, 0.1) is 11.7 Å². The molecule has 1 saturated carbocycles. The molecule has 0 N–H and O–H groups in total. The number of nitrogens with zero attached hydrogens (tertiary/aromatic N) is 3. The van der Waals surface area contributed by atoms with E-state index in [2.05, 4.69) is 24.0 Å². The van der Waals surface area contributed by atoms with Crippen LogP contribution in [0.1, 0.15) is 46.0 Å². The maximum atomic E-state index is 14.2. The highest BCUT2D eigenvalue weighted by molar-refractivity contribution is 8.00. The van der Waals surface area contributed by atoms with E-state index >= 15 is 0 Å². The number of halogens is 1. The highest BCUT2D eigenvalue weighted by Crippen LogP contribution is 2.33. The Kier molecular flexibility index (Phi) is 5.89. The van der Waals surface area contributed by atoms with Crippen LogP contribution >= 0.6 is 11.8 Å². The first kappa shape index (κ1) is 18.1. The van der Waals surface area contributed by atoms with Gasteiger partial charge in [0.1, 0.15) is 11.6 Å². The summed E-state index contributed by atoms with van der Waals surface area (Å²) in [6.07, 6.45) is 4.70. The second-order valence-electron chi connectivity index (χ2n) is 6.96. The van der Waals surface area contributed by atoms with Crippen molar-refractivity contribution in [2.45, 2.75) is 62.9 Å². The Bertz CT molecular complexity index is 744. The maximum absolute atomic E-state index is 14.2. The molecule has 1 aromatic carbocycles. The topological polar surface area (TPSA) is 47.8 Å². The quantitative estimate of drug-likeness (QED) is 0.722. The third-order valence-electron chi connectivity index (χ3n) is 4.38. The Morgan fingerprint density at radius 1 is 1.24 bits per heavy atom. The zero-order valence-corrected chi connectivity index (χ0v) is 15.6. The van der Waals surface area contributed by atoms with Gasteiger partial charge in [-0.05, 0) is 30.9 Å². The molecule has 0 amide bonds. The smallest absolute Gasteiger partial charge is 0.192 e. The number of hydrogen-bond donors (Lipinski definition) is 0. The summed E-state index contributed by atoms with van der Waals surface area (Å²) in [7, 11) is 0. The van der Waals surface area contributed by atoms with Crippen LogP contribution in [0.3, 0.4) is 0 Å². The van der Waals surface area contributed by atoms with Gasteiger partial charge in [-0.25, -0.2) is 4.39 Å². The standard InChI is InChI=1S/C19H24FN3OS/c1-13(2)12-23-18(14-8-6-7-9-15(14)20)21-22-19(23)25-17-11-5-3-4-10-16(17)24/h6-9,13,17H,3-5,10-12H2,1-2H3/t17-/m0/s1. The molecule has 1 aliphatic rings. The van der Waals surface area contributed by atoms with Gasteiger partial charge >= 0.3 is 0 Å². The molecule has 6 heteroatoms. The third kappa shape index (κ3) is 4.29. The third-order valence-corrected chi connectivity index (χ3v) is 5.67. The minimum Gasteiger partial charge on any atom is -0.302 e. The van der Waals surface area contributed by atoms with E-state index in [0.29, 0.717) is 41.2 Å². The molecule has 0 unspecified atom stereocenters. The van der Waals surface area contributed by atoms with Gasteiger partial charge in [0.15, 0.2) is 11.0 Å². The number of hydrogen-bond acceptors (Lipinski definition) is 4. The van der Waals surface area contributed by atoms with E-state index in [1.165, 1.54) is 17.8 Å². The molecule has 0 spiro atoms. The van der Waals surface area contributed by atoms with Crippen molar-refractivity contribution in [3.8, 4) is 11.4 Å². The molecule has 1 aliphatic carbocycles. The van der Waals surface area contributed by atoms with E-state index in [-0.39, 0.29) is 11.1 Å². The fraction of sp³-hybridized carbons (Fsp3) is 0.526. The lowest BCUT2D eigenvalue weighted by Crippen LogP contribution is -2.17. The molecule has 3 rings (SSSR count). The van der Waals surface area contributed by atoms with Crippen molar-refractivity contribution in [1.82, 2.24) is 14.8 Å². The van der Waals surface area contributed by atoms with Crippen molar-refractivity contribution < 1.29 is 9.18 Å². The lowest BCUT2D eigenvalue weighted by molar-refractivity contribution is -0.118. The lowest BCUT2D eigenvalue weighted by atomic mass is 10.2. The van der Waals surface area contributed by atoms with Gasteiger partial charge < -0.3 is 4.57 Å². The molecule has 1 aromatic heterocycles. The number of benzene rings is 1. The predicted molar refractivity (Wildman–Crippen MR) is 98.0 cm³/mol. The van der Waals surface area contributed by atoms with Crippen molar-refractivity contribution in [1.29, 1.82) is 0 Å². The summed E-state index contributed by atoms with van der Waals surface area (Å²) >= 11 is 1.49. The molecule has 0 radical (unpaired) electrons. The summed E-state index contributed by atoms with van der Waals surface area (Å²) in [6, 6.07) is 6.63. The monoisotopic (exact) mass is 361 g/mol. The zero-order chi connectivity index (χ0) is 17.8. The Labute approximate surface area is 152 Å². The number of carbonyl (C=O) groups is 1. The van der Waals surface area contributed by atoms with Gasteiger partial charge in [0.05, 0.1) is 10.8 Å². The normalized spacial score (nSPS) is 18.6. The number of aromatic nitrogens is 3. The van der Waals surface area contributed by atoms with Crippen LogP contribution in [0.4, 0.5) is 4.39 Å². The van der Waals surface area contributed by atoms with Crippen molar-refractivity contribution in [2.24, 2.45) is 5.92 Å². The molecule has 0 aliphatic heterocycles. The average molecular weight is 361 g/mol. The fourth-order valence-electron chi connectivity index (χ4n) is 3.13. The Hall–Kier alpha value is -1.69. The Balaban J connectivity index is 1.94. The fourth-order valence-corrected chi connectivity index (χ4v) is 4.29. The molecule has 2 aromatic rings. The summed E-state index contributed by atoms with van der Waals surface area (Å²) in [6.45, 7) is 4.91. The Morgan fingerprint density at radius 3 is 2.80 bits per heavy atom. The summed E-state index contributed by atoms with van der Waals surface area (Å²) in [5.74, 6) is 0.900. The molecule has 0 saturated heterocycles. The van der Waals surface area contributed by atoms with Gasteiger partial charge in [-0.2, -0.15) is 0 Å². The zero-order valence-electron chi connectivity index (χ0n) is 14.7. The maximum Gasteiger partial charge on any atom is 0.192 e. The van der Waals surface area contributed by atoms with Gasteiger partial charge in [0.2, 0.25) is 0 Å². The van der Waals surface area contributed by atoms with E-state index in [1.807, 2.05) is 4.57 Å². The lowest BCUT2D eigenvalue weighted by Gasteiger charge is -2.16. The minimum atomic E-state index is -0.304. The molecule has 1 atom stereocenters. The highest BCUT2D eigenvalue weighted by atomic mass is 32.2. The molecular formula is C19H24FN3OS. The van der Waals surface area contributed by atoms with Crippen molar-refractivity contribution in [3.05, 3.63) is 30.1 Å². The van der Waals surface area contributed by atoms with Crippen LogP contribution in [-0.2, 0) is 11.3 Å². The molecular weight excluding hydrogens is 337 g/mol. The van der Waals surface area contributed by atoms with Gasteiger partial charge in [0.25, 0.3) is 0 Å². The van der Waals surface area contributed by atoms with E-state index in [9.17, 15) is 9.18 Å². The number of rotatable bonds is 5. The summed E-state index contributed by atoms with van der Waals surface area (Å²) < 4.78 is 16.2. The average Bonchev–Trinajstić information content (AvgIpc) is 2.83. The second kappa shape index (κ2) is 8.13. The Morgan fingerprint density at radius 2 is 2.04 bits per heavy atom.